The molecule has 0 bridgehead atoms. The van der Waals surface area contributed by atoms with Gasteiger partial charge in [-0.25, -0.2) is 0 Å². The Bertz CT molecular complexity index is 512. The van der Waals surface area contributed by atoms with Gasteiger partial charge in [0.25, 0.3) is 0 Å². The molecule has 3 rings (SSSR count). The fraction of sp³-hybridized carbons (Fsp3) is 0.0769. The molecule has 0 aromatic heterocycles. The number of fused-ring (bicyclic) bond motifs is 3. The van der Waals surface area contributed by atoms with E-state index in [-0.39, 0.29) is 14.1 Å². The average Bonchev–Trinajstić information content (AvgIpc) is 2.59. The molecule has 0 heterocycles. The van der Waals surface area contributed by atoms with Crippen molar-refractivity contribution in [2.75, 3.05) is 0 Å². The van der Waals surface area contributed by atoms with Crippen molar-refractivity contribution in [1.29, 1.82) is 0 Å². The van der Waals surface area contributed by atoms with E-state index in [4.69, 9.17) is 0 Å². The summed E-state index contributed by atoms with van der Waals surface area (Å²) < 4.78 is 1.42. The molecule has 0 fully saturated rings. The van der Waals surface area contributed by atoms with Crippen LogP contribution in [0.25, 0.3) is 11.1 Å². The van der Waals surface area contributed by atoms with Crippen molar-refractivity contribution in [2.45, 2.75) is 6.42 Å². The molecule has 0 unspecified atom stereocenters. The molecule has 86 valence electrons. The quantitative estimate of drug-likeness (QED) is 0.356. The van der Waals surface area contributed by atoms with Crippen LogP contribution in [0.4, 0.5) is 0 Å². The van der Waals surface area contributed by atoms with Crippen molar-refractivity contribution < 1.29 is 34.5 Å². The van der Waals surface area contributed by atoms with Gasteiger partial charge in [0.2, 0.25) is 0 Å². The molecular formula is C13H9F3Ti. The van der Waals surface area contributed by atoms with Crippen molar-refractivity contribution in [3.8, 4) is 11.1 Å². The minimum absolute atomic E-state index is 0. The summed E-state index contributed by atoms with van der Waals surface area (Å²) in [6.07, 6.45) is 1.11. The molecular weight excluding hydrogens is 261 g/mol. The van der Waals surface area contributed by atoms with Crippen LogP contribution in [-0.2, 0) is 26.9 Å². The third kappa shape index (κ3) is 2.45. The van der Waals surface area contributed by atoms with Gasteiger partial charge in [-0.3, -0.25) is 0 Å². The second-order valence-electron chi connectivity index (χ2n) is 3.67. The summed E-state index contributed by atoms with van der Waals surface area (Å²) >= 11 is 2.20. The van der Waals surface area contributed by atoms with E-state index in [0.29, 0.717) is 0 Å². The van der Waals surface area contributed by atoms with Gasteiger partial charge >= 0.3 is 95.4 Å². The first kappa shape index (κ1) is 15.9. The van der Waals surface area contributed by atoms with Gasteiger partial charge in [0.1, 0.15) is 0 Å². The van der Waals surface area contributed by atoms with Gasteiger partial charge in [0, 0.05) is 0 Å². The predicted octanol–water partition coefficient (Wildman–Crippen LogP) is -6.56. The Kier molecular flexibility index (Phi) is 5.66. The molecule has 0 saturated carbocycles. The van der Waals surface area contributed by atoms with E-state index in [1.807, 2.05) is 0 Å². The van der Waals surface area contributed by atoms with Crippen molar-refractivity contribution in [3.05, 3.63) is 53.6 Å². The van der Waals surface area contributed by atoms with E-state index >= 15 is 0 Å². The SMILES string of the molecule is [F-].[F-].[F-].[Ti+3][c]1cccc2c1Cc1ccccc1-2. The molecule has 0 radical (unpaired) electrons. The Morgan fingerprint density at radius 2 is 1.41 bits per heavy atom. The predicted molar refractivity (Wildman–Crippen MR) is 54.3 cm³/mol. The summed E-state index contributed by atoms with van der Waals surface area (Å²) in [6.45, 7) is 0. The maximum absolute atomic E-state index is 2.23. The van der Waals surface area contributed by atoms with Crippen LogP contribution in [0.2, 0.25) is 0 Å². The first-order chi connectivity index (χ1) is 6.86. The van der Waals surface area contributed by atoms with Gasteiger partial charge in [0.05, 0.1) is 0 Å². The van der Waals surface area contributed by atoms with E-state index in [9.17, 15) is 0 Å². The average molecular weight is 270 g/mol. The summed E-state index contributed by atoms with van der Waals surface area (Å²) in [5.74, 6) is 0. The van der Waals surface area contributed by atoms with Gasteiger partial charge in [-0.1, -0.05) is 0 Å². The van der Waals surface area contributed by atoms with E-state index in [2.05, 4.69) is 62.9 Å². The van der Waals surface area contributed by atoms with Crippen LogP contribution in [-0.4, -0.2) is 0 Å². The van der Waals surface area contributed by atoms with E-state index in [1.165, 1.54) is 26.1 Å². The zero-order valence-electron chi connectivity index (χ0n) is 8.88. The second-order valence-corrected chi connectivity index (χ2v) is 4.51. The van der Waals surface area contributed by atoms with Crippen molar-refractivity contribution in [2.24, 2.45) is 0 Å². The van der Waals surface area contributed by atoms with Crippen LogP contribution in [0.1, 0.15) is 11.1 Å². The molecule has 0 amide bonds. The number of rotatable bonds is 0. The van der Waals surface area contributed by atoms with Crippen LogP contribution in [0, 0.1) is 0 Å². The summed E-state index contributed by atoms with van der Waals surface area (Å²) in [4.78, 5) is 0. The molecule has 0 N–H and O–H groups in total. The molecule has 4 heteroatoms. The Labute approximate surface area is 110 Å². The molecule has 2 aromatic carbocycles. The van der Waals surface area contributed by atoms with Gasteiger partial charge in [0.15, 0.2) is 0 Å². The first-order valence-electron chi connectivity index (χ1n) is 4.78. The number of hydrogen-bond donors (Lipinski definition) is 0. The Morgan fingerprint density at radius 3 is 2.18 bits per heavy atom. The van der Waals surface area contributed by atoms with E-state index < -0.39 is 0 Å². The van der Waals surface area contributed by atoms with Crippen LogP contribution in [0.3, 0.4) is 0 Å². The van der Waals surface area contributed by atoms with Gasteiger partial charge in [-0.2, -0.15) is 0 Å². The molecule has 0 saturated heterocycles. The third-order valence-corrected chi connectivity index (χ3v) is 3.58. The molecule has 0 spiro atoms. The van der Waals surface area contributed by atoms with Gasteiger partial charge in [-0.15, -0.1) is 0 Å². The second kappa shape index (κ2) is 6.03. The van der Waals surface area contributed by atoms with Crippen molar-refractivity contribution in [3.63, 3.8) is 0 Å². The van der Waals surface area contributed by atoms with Crippen LogP contribution in [0.15, 0.2) is 42.5 Å². The normalized spacial score (nSPS) is 10.2. The Balaban J connectivity index is 0.000000853. The summed E-state index contributed by atoms with van der Waals surface area (Å²) in [7, 11) is 0. The van der Waals surface area contributed by atoms with Crippen molar-refractivity contribution >= 4 is 3.87 Å². The minimum atomic E-state index is 0. The molecule has 1 aliphatic rings. The van der Waals surface area contributed by atoms with Crippen LogP contribution < -0.4 is 18.0 Å². The van der Waals surface area contributed by atoms with Crippen LogP contribution >= 0.6 is 0 Å². The van der Waals surface area contributed by atoms with Gasteiger partial charge < -0.3 is 14.1 Å². The summed E-state index contributed by atoms with van der Waals surface area (Å²) in [5.41, 5.74) is 5.83. The molecule has 2 aromatic rings. The Hall–Kier alpha value is -1.06. The molecule has 0 aliphatic heterocycles. The van der Waals surface area contributed by atoms with Crippen LogP contribution in [0.5, 0.6) is 0 Å². The zero-order chi connectivity index (χ0) is 9.54. The summed E-state index contributed by atoms with van der Waals surface area (Å²) in [5, 5.41) is 0. The van der Waals surface area contributed by atoms with Gasteiger partial charge in [-0.05, 0) is 0 Å². The first-order valence-corrected chi connectivity index (χ1v) is 5.56. The fourth-order valence-electron chi connectivity index (χ4n) is 2.16. The summed E-state index contributed by atoms with van der Waals surface area (Å²) in [6, 6.07) is 15.3. The third-order valence-electron chi connectivity index (χ3n) is 2.85. The monoisotopic (exact) mass is 270 g/mol. The topological polar surface area (TPSA) is 0 Å². The molecule has 0 atom stereocenters. The standard InChI is InChI=1S/C13H9.3FH.Ti/c1-3-7-12-10(5-1)9-11-6-2-4-8-13(11)12;;;;/h1-5,7-8H,9H2;3*1H;/q;;;;+3/p-3. The molecule has 1 aliphatic carbocycles. The Morgan fingerprint density at radius 1 is 0.765 bits per heavy atom. The van der Waals surface area contributed by atoms with Crippen molar-refractivity contribution in [1.82, 2.24) is 0 Å². The molecule has 0 nitrogen and oxygen atoms in total. The van der Waals surface area contributed by atoms with E-state index in [1.54, 1.807) is 0 Å². The number of hydrogen-bond acceptors (Lipinski definition) is 0. The maximum atomic E-state index is 2.23. The molecule has 17 heavy (non-hydrogen) atoms. The number of halogens is 3. The number of benzene rings is 2. The zero-order valence-corrected chi connectivity index (χ0v) is 10.4. The van der Waals surface area contributed by atoms with E-state index in [0.717, 1.165) is 6.42 Å². The fourth-order valence-corrected chi connectivity index (χ4v) is 2.66.